The lowest BCUT2D eigenvalue weighted by Crippen LogP contribution is -2.39. The lowest BCUT2D eigenvalue weighted by molar-refractivity contribution is 0.0868. The first-order valence-corrected chi connectivity index (χ1v) is 8.11. The summed E-state index contributed by atoms with van der Waals surface area (Å²) >= 11 is 0. The fourth-order valence-corrected chi connectivity index (χ4v) is 3.96. The highest BCUT2D eigenvalue weighted by atomic mass is 16.3. The number of benzene rings is 2. The quantitative estimate of drug-likeness (QED) is 0.909. The lowest BCUT2D eigenvalue weighted by atomic mass is 9.79. The summed E-state index contributed by atoms with van der Waals surface area (Å²) in [6, 6.07) is 19.6. The molecule has 0 amide bonds. The van der Waals surface area contributed by atoms with E-state index in [0.29, 0.717) is 12.0 Å². The van der Waals surface area contributed by atoms with E-state index < -0.39 is 0 Å². The topological polar surface area (TPSA) is 23.5 Å². The van der Waals surface area contributed by atoms with Crippen LogP contribution in [-0.2, 0) is 0 Å². The first-order valence-electron chi connectivity index (χ1n) is 8.11. The number of aliphatic hydroxyl groups is 1. The molecule has 1 saturated heterocycles. The molecular weight excluding hydrogens is 270 g/mol. The molecule has 1 N–H and O–H groups in total. The van der Waals surface area contributed by atoms with Crippen LogP contribution >= 0.6 is 0 Å². The molecule has 0 radical (unpaired) electrons. The van der Waals surface area contributed by atoms with Crippen molar-refractivity contribution in [3.05, 3.63) is 77.5 Å². The minimum atomic E-state index is 0.268. The van der Waals surface area contributed by atoms with Crippen molar-refractivity contribution in [1.82, 2.24) is 4.90 Å². The zero-order valence-corrected chi connectivity index (χ0v) is 12.7. The van der Waals surface area contributed by atoms with Crippen LogP contribution in [0.3, 0.4) is 0 Å². The summed E-state index contributed by atoms with van der Waals surface area (Å²) in [5, 5.41) is 9.79. The Labute approximate surface area is 131 Å². The smallest absolute Gasteiger partial charge is 0.0593 e. The van der Waals surface area contributed by atoms with Gasteiger partial charge in [-0.05, 0) is 29.5 Å². The molecule has 0 saturated carbocycles. The summed E-state index contributed by atoms with van der Waals surface area (Å²) < 4.78 is 0. The van der Waals surface area contributed by atoms with Gasteiger partial charge in [0.1, 0.15) is 0 Å². The van der Waals surface area contributed by atoms with E-state index in [-0.39, 0.29) is 6.61 Å². The molecule has 2 aliphatic heterocycles. The predicted molar refractivity (Wildman–Crippen MR) is 89.2 cm³/mol. The lowest BCUT2D eigenvalue weighted by Gasteiger charge is -2.44. The Kier molecular flexibility index (Phi) is 3.47. The van der Waals surface area contributed by atoms with Crippen LogP contribution in [-0.4, -0.2) is 23.2 Å². The molecule has 1 fully saturated rings. The van der Waals surface area contributed by atoms with Crippen molar-refractivity contribution in [3.63, 3.8) is 0 Å². The van der Waals surface area contributed by atoms with Crippen molar-refractivity contribution in [2.75, 3.05) is 13.2 Å². The largest absolute Gasteiger partial charge is 0.396 e. The molecule has 4 rings (SSSR count). The SMILES string of the molecule is OCC1CCCN2C=C(c3ccccc3)c3ccccc3C12. The summed E-state index contributed by atoms with van der Waals surface area (Å²) in [4.78, 5) is 2.44. The minimum Gasteiger partial charge on any atom is -0.396 e. The van der Waals surface area contributed by atoms with Crippen molar-refractivity contribution in [2.45, 2.75) is 18.9 Å². The third kappa shape index (κ3) is 2.15. The Morgan fingerprint density at radius 3 is 2.59 bits per heavy atom. The highest BCUT2D eigenvalue weighted by molar-refractivity contribution is 5.82. The number of fused-ring (bicyclic) bond motifs is 3. The van der Waals surface area contributed by atoms with Gasteiger partial charge in [-0.15, -0.1) is 0 Å². The van der Waals surface area contributed by atoms with Crippen molar-refractivity contribution < 1.29 is 5.11 Å². The van der Waals surface area contributed by atoms with E-state index >= 15 is 0 Å². The Morgan fingerprint density at radius 2 is 1.77 bits per heavy atom. The summed E-state index contributed by atoms with van der Waals surface area (Å²) in [5.74, 6) is 0.337. The highest BCUT2D eigenvalue weighted by Gasteiger charge is 2.35. The molecule has 0 aliphatic carbocycles. The fourth-order valence-electron chi connectivity index (χ4n) is 3.96. The standard InChI is InChI=1S/C20H21NO/c22-14-16-9-6-12-21-13-19(15-7-2-1-3-8-15)17-10-4-5-11-18(17)20(16)21/h1-5,7-8,10-11,13,16,20,22H,6,9,12,14H2. The molecule has 2 heterocycles. The number of hydrogen-bond acceptors (Lipinski definition) is 2. The number of rotatable bonds is 2. The Balaban J connectivity index is 1.86. The number of nitrogens with zero attached hydrogens (tertiary/aromatic N) is 1. The molecule has 0 aromatic heterocycles. The Hall–Kier alpha value is -2.06. The van der Waals surface area contributed by atoms with Gasteiger partial charge in [0, 0.05) is 30.8 Å². The van der Waals surface area contributed by atoms with E-state index in [1.807, 2.05) is 0 Å². The maximum atomic E-state index is 9.79. The first kappa shape index (κ1) is 13.6. The molecule has 2 atom stereocenters. The van der Waals surface area contributed by atoms with E-state index in [0.717, 1.165) is 19.4 Å². The second-order valence-electron chi connectivity index (χ2n) is 6.26. The zero-order valence-electron chi connectivity index (χ0n) is 12.7. The predicted octanol–water partition coefficient (Wildman–Crippen LogP) is 3.83. The summed E-state index contributed by atoms with van der Waals surface area (Å²) in [5.41, 5.74) is 5.24. The highest BCUT2D eigenvalue weighted by Crippen LogP contribution is 2.44. The van der Waals surface area contributed by atoms with E-state index in [9.17, 15) is 5.11 Å². The third-order valence-corrected chi connectivity index (χ3v) is 4.98. The molecule has 2 nitrogen and oxygen atoms in total. The van der Waals surface area contributed by atoms with Gasteiger partial charge < -0.3 is 10.0 Å². The van der Waals surface area contributed by atoms with Crippen LogP contribution in [0.2, 0.25) is 0 Å². The van der Waals surface area contributed by atoms with Gasteiger partial charge >= 0.3 is 0 Å². The molecule has 2 aromatic carbocycles. The molecular formula is C20H21NO. The maximum absolute atomic E-state index is 9.79. The molecule has 2 unspecified atom stereocenters. The number of hydrogen-bond donors (Lipinski definition) is 1. The van der Waals surface area contributed by atoms with Crippen LogP contribution in [0.1, 0.15) is 35.6 Å². The molecule has 0 spiro atoms. The number of piperidine rings is 1. The summed E-state index contributed by atoms with van der Waals surface area (Å²) in [6.45, 7) is 1.34. The second-order valence-corrected chi connectivity index (χ2v) is 6.26. The van der Waals surface area contributed by atoms with Crippen LogP contribution in [0.5, 0.6) is 0 Å². The molecule has 2 aliphatic rings. The Morgan fingerprint density at radius 1 is 1.00 bits per heavy atom. The number of aliphatic hydroxyl groups excluding tert-OH is 1. The van der Waals surface area contributed by atoms with Crippen LogP contribution < -0.4 is 0 Å². The normalized spacial score (nSPS) is 23.5. The van der Waals surface area contributed by atoms with Gasteiger partial charge in [-0.25, -0.2) is 0 Å². The van der Waals surface area contributed by atoms with Gasteiger partial charge in [0.2, 0.25) is 0 Å². The molecule has 2 heteroatoms. The third-order valence-electron chi connectivity index (χ3n) is 4.98. The van der Waals surface area contributed by atoms with Gasteiger partial charge in [-0.2, -0.15) is 0 Å². The van der Waals surface area contributed by atoms with E-state index in [1.165, 1.54) is 22.3 Å². The fraction of sp³-hybridized carbons (Fsp3) is 0.300. The first-order chi connectivity index (χ1) is 10.9. The van der Waals surface area contributed by atoms with Crippen LogP contribution in [0.4, 0.5) is 0 Å². The van der Waals surface area contributed by atoms with E-state index in [2.05, 4.69) is 65.7 Å². The van der Waals surface area contributed by atoms with E-state index in [4.69, 9.17) is 0 Å². The minimum absolute atomic E-state index is 0.268. The molecule has 2 aromatic rings. The molecule has 0 bridgehead atoms. The average molecular weight is 291 g/mol. The molecule has 22 heavy (non-hydrogen) atoms. The Bertz CT molecular complexity index is 692. The van der Waals surface area contributed by atoms with Gasteiger partial charge in [-0.3, -0.25) is 0 Å². The van der Waals surface area contributed by atoms with E-state index in [1.54, 1.807) is 0 Å². The van der Waals surface area contributed by atoms with Crippen molar-refractivity contribution in [1.29, 1.82) is 0 Å². The molecule has 112 valence electrons. The van der Waals surface area contributed by atoms with Crippen molar-refractivity contribution in [3.8, 4) is 0 Å². The summed E-state index contributed by atoms with van der Waals surface area (Å²) in [6.07, 6.45) is 4.58. The zero-order chi connectivity index (χ0) is 14.9. The van der Waals surface area contributed by atoms with Gasteiger partial charge in [0.25, 0.3) is 0 Å². The summed E-state index contributed by atoms with van der Waals surface area (Å²) in [7, 11) is 0. The average Bonchev–Trinajstić information content (AvgIpc) is 2.61. The maximum Gasteiger partial charge on any atom is 0.0593 e. The van der Waals surface area contributed by atoms with Gasteiger partial charge in [-0.1, -0.05) is 54.6 Å². The monoisotopic (exact) mass is 291 g/mol. The van der Waals surface area contributed by atoms with Gasteiger partial charge in [0.05, 0.1) is 6.04 Å². The van der Waals surface area contributed by atoms with Crippen LogP contribution in [0.25, 0.3) is 5.57 Å². The van der Waals surface area contributed by atoms with Crippen LogP contribution in [0.15, 0.2) is 60.8 Å². The van der Waals surface area contributed by atoms with Crippen molar-refractivity contribution >= 4 is 5.57 Å². The van der Waals surface area contributed by atoms with Crippen LogP contribution in [0, 0.1) is 5.92 Å². The van der Waals surface area contributed by atoms with Gasteiger partial charge in [0.15, 0.2) is 0 Å². The second kappa shape index (κ2) is 5.62. The van der Waals surface area contributed by atoms with Crippen molar-refractivity contribution in [2.24, 2.45) is 5.92 Å².